The monoisotopic (exact) mass is 429 g/mol. The molecule has 154 valence electrons. The molecule has 3 aromatic carbocycles. The van der Waals surface area contributed by atoms with E-state index in [2.05, 4.69) is 15.3 Å². The average Bonchev–Trinajstić information content (AvgIpc) is 2.82. The van der Waals surface area contributed by atoms with E-state index in [1.165, 1.54) is 0 Å². The highest BCUT2D eigenvalue weighted by Crippen LogP contribution is 2.21. The maximum Gasteiger partial charge on any atom is 0.321 e. The molecule has 0 saturated carbocycles. The number of nitrogens with zero attached hydrogens (tertiary/aromatic N) is 2. The summed E-state index contributed by atoms with van der Waals surface area (Å²) in [6.45, 7) is 0.554. The number of carbonyl (C=O) groups is 1. The molecule has 0 spiro atoms. The second kappa shape index (κ2) is 9.87. The van der Waals surface area contributed by atoms with Gasteiger partial charge in [0.25, 0.3) is 5.91 Å². The van der Waals surface area contributed by atoms with Gasteiger partial charge in [-0.25, -0.2) is 9.97 Å². The van der Waals surface area contributed by atoms with Crippen LogP contribution in [0.1, 0.15) is 15.9 Å². The van der Waals surface area contributed by atoms with Gasteiger partial charge in [-0.05, 0) is 53.9 Å². The largest absolute Gasteiger partial charge is 0.424 e. The summed E-state index contributed by atoms with van der Waals surface area (Å²) in [6.07, 6.45) is 4.15. The first kappa shape index (κ1) is 20.6. The van der Waals surface area contributed by atoms with Gasteiger partial charge in [-0.2, -0.15) is 0 Å². The maximum atomic E-state index is 12.4. The van der Waals surface area contributed by atoms with Crippen molar-refractivity contribution in [2.24, 2.45) is 0 Å². The van der Waals surface area contributed by atoms with E-state index in [-0.39, 0.29) is 11.9 Å². The van der Waals surface area contributed by atoms with Crippen LogP contribution in [0.25, 0.3) is 11.1 Å². The van der Waals surface area contributed by atoms with Gasteiger partial charge in [-0.15, -0.1) is 0 Å². The third-order valence-corrected chi connectivity index (χ3v) is 4.93. The second-order valence-electron chi connectivity index (χ2n) is 6.88. The van der Waals surface area contributed by atoms with E-state index in [0.717, 1.165) is 23.1 Å². The van der Waals surface area contributed by atoms with Crippen molar-refractivity contribution < 1.29 is 9.53 Å². The van der Waals surface area contributed by atoms with Gasteiger partial charge in [0.05, 0.1) is 0 Å². The molecule has 5 nitrogen and oxygen atoms in total. The lowest BCUT2D eigenvalue weighted by atomic mass is 10.1. The summed E-state index contributed by atoms with van der Waals surface area (Å²) >= 11 is 5.89. The van der Waals surface area contributed by atoms with Crippen molar-refractivity contribution in [2.75, 3.05) is 6.54 Å². The summed E-state index contributed by atoms with van der Waals surface area (Å²) < 4.78 is 5.61. The van der Waals surface area contributed by atoms with Gasteiger partial charge in [0.2, 0.25) is 0 Å². The molecule has 0 atom stereocenters. The van der Waals surface area contributed by atoms with Gasteiger partial charge < -0.3 is 10.1 Å². The third kappa shape index (κ3) is 5.68. The molecule has 4 rings (SSSR count). The van der Waals surface area contributed by atoms with Crippen LogP contribution >= 0.6 is 11.6 Å². The Morgan fingerprint density at radius 2 is 1.52 bits per heavy atom. The predicted octanol–water partition coefficient (Wildman–Crippen LogP) is 5.56. The molecule has 0 fully saturated rings. The van der Waals surface area contributed by atoms with Crippen LogP contribution in [0.3, 0.4) is 0 Å². The van der Waals surface area contributed by atoms with Gasteiger partial charge in [-0.1, -0.05) is 54.1 Å². The van der Waals surface area contributed by atoms with Crippen molar-refractivity contribution in [3.63, 3.8) is 0 Å². The van der Waals surface area contributed by atoms with Crippen molar-refractivity contribution in [1.82, 2.24) is 15.3 Å². The first-order chi connectivity index (χ1) is 15.2. The van der Waals surface area contributed by atoms with Gasteiger partial charge in [-0.3, -0.25) is 4.79 Å². The van der Waals surface area contributed by atoms with Crippen LogP contribution in [-0.4, -0.2) is 22.4 Å². The highest BCUT2D eigenvalue weighted by molar-refractivity contribution is 6.30. The smallest absolute Gasteiger partial charge is 0.321 e. The lowest BCUT2D eigenvalue weighted by Crippen LogP contribution is -2.25. The Morgan fingerprint density at radius 3 is 2.19 bits per heavy atom. The quantitative estimate of drug-likeness (QED) is 0.417. The minimum Gasteiger partial charge on any atom is -0.424 e. The van der Waals surface area contributed by atoms with Crippen LogP contribution in [0.2, 0.25) is 5.02 Å². The molecule has 6 heteroatoms. The Kier molecular flexibility index (Phi) is 6.55. The fourth-order valence-corrected chi connectivity index (χ4v) is 3.13. The number of halogens is 1. The number of para-hydroxylation sites is 1. The van der Waals surface area contributed by atoms with Crippen LogP contribution in [0.5, 0.6) is 11.8 Å². The number of ether oxygens (including phenoxy) is 1. The highest BCUT2D eigenvalue weighted by atomic mass is 35.5. The molecule has 0 bridgehead atoms. The number of hydrogen-bond acceptors (Lipinski definition) is 4. The summed E-state index contributed by atoms with van der Waals surface area (Å²) in [5.41, 5.74) is 3.49. The van der Waals surface area contributed by atoms with E-state index < -0.39 is 0 Å². The zero-order valence-corrected chi connectivity index (χ0v) is 17.4. The van der Waals surface area contributed by atoms with Crippen molar-refractivity contribution in [3.8, 4) is 22.9 Å². The van der Waals surface area contributed by atoms with E-state index in [9.17, 15) is 4.79 Å². The number of benzene rings is 3. The number of amides is 1. The first-order valence-corrected chi connectivity index (χ1v) is 10.2. The normalized spacial score (nSPS) is 10.5. The highest BCUT2D eigenvalue weighted by Gasteiger charge is 2.07. The standard InChI is InChI=1S/C25H20ClN3O2/c26-22-12-6-18(7-13-22)14-15-27-24(30)20-10-8-19(9-11-20)21-16-28-25(29-17-21)31-23-4-2-1-3-5-23/h1-13,16-17H,14-15H2,(H,27,30). The summed E-state index contributed by atoms with van der Waals surface area (Å²) in [6, 6.07) is 24.6. The van der Waals surface area contributed by atoms with Crippen molar-refractivity contribution in [1.29, 1.82) is 0 Å². The average molecular weight is 430 g/mol. The number of hydrogen-bond donors (Lipinski definition) is 1. The number of rotatable bonds is 7. The minimum atomic E-state index is -0.108. The van der Waals surface area contributed by atoms with Crippen molar-refractivity contribution in [3.05, 3.63) is 107 Å². The summed E-state index contributed by atoms with van der Waals surface area (Å²) in [4.78, 5) is 20.9. The Labute approximate surface area is 185 Å². The van der Waals surface area contributed by atoms with E-state index in [1.54, 1.807) is 24.5 Å². The zero-order chi connectivity index (χ0) is 21.5. The van der Waals surface area contributed by atoms with Gasteiger partial charge in [0.15, 0.2) is 0 Å². The Hall–Kier alpha value is -3.70. The van der Waals surface area contributed by atoms with Crippen LogP contribution in [0.15, 0.2) is 91.3 Å². The Bertz CT molecular complexity index is 1130. The van der Waals surface area contributed by atoms with Crippen LogP contribution in [0, 0.1) is 0 Å². The van der Waals surface area contributed by atoms with Gasteiger partial charge >= 0.3 is 6.01 Å². The third-order valence-electron chi connectivity index (χ3n) is 4.67. The summed E-state index contributed by atoms with van der Waals surface area (Å²) in [5.74, 6) is 0.574. The Morgan fingerprint density at radius 1 is 0.839 bits per heavy atom. The molecule has 0 unspecified atom stereocenters. The van der Waals surface area contributed by atoms with Crippen molar-refractivity contribution >= 4 is 17.5 Å². The molecule has 0 aliphatic carbocycles. The minimum absolute atomic E-state index is 0.108. The number of carbonyl (C=O) groups excluding carboxylic acids is 1. The second-order valence-corrected chi connectivity index (χ2v) is 7.32. The van der Waals surface area contributed by atoms with Gasteiger partial charge in [0, 0.05) is 35.1 Å². The molecule has 1 heterocycles. The topological polar surface area (TPSA) is 64.1 Å². The first-order valence-electron chi connectivity index (χ1n) is 9.85. The fourth-order valence-electron chi connectivity index (χ4n) is 3.00. The molecule has 31 heavy (non-hydrogen) atoms. The molecular formula is C25H20ClN3O2. The van der Waals surface area contributed by atoms with E-state index in [4.69, 9.17) is 16.3 Å². The zero-order valence-electron chi connectivity index (χ0n) is 16.7. The van der Waals surface area contributed by atoms with Crippen LogP contribution < -0.4 is 10.1 Å². The predicted molar refractivity (Wildman–Crippen MR) is 121 cm³/mol. The van der Waals surface area contributed by atoms with E-state index >= 15 is 0 Å². The van der Waals surface area contributed by atoms with Crippen LogP contribution in [0.4, 0.5) is 0 Å². The molecule has 0 radical (unpaired) electrons. The lowest BCUT2D eigenvalue weighted by molar-refractivity contribution is 0.0954. The SMILES string of the molecule is O=C(NCCc1ccc(Cl)cc1)c1ccc(-c2cnc(Oc3ccccc3)nc2)cc1. The molecular weight excluding hydrogens is 410 g/mol. The molecule has 1 amide bonds. The number of nitrogens with one attached hydrogen (secondary N) is 1. The Balaban J connectivity index is 1.33. The summed E-state index contributed by atoms with van der Waals surface area (Å²) in [7, 11) is 0. The van der Waals surface area contributed by atoms with E-state index in [1.807, 2.05) is 66.7 Å². The molecule has 0 aliphatic rings. The molecule has 0 saturated heterocycles. The lowest BCUT2D eigenvalue weighted by Gasteiger charge is -2.07. The van der Waals surface area contributed by atoms with E-state index in [0.29, 0.717) is 22.9 Å². The van der Waals surface area contributed by atoms with Crippen LogP contribution in [-0.2, 0) is 6.42 Å². The number of aromatic nitrogens is 2. The molecule has 0 aliphatic heterocycles. The molecule has 4 aromatic rings. The molecule has 1 N–H and O–H groups in total. The van der Waals surface area contributed by atoms with Gasteiger partial charge in [0.1, 0.15) is 5.75 Å². The fraction of sp³-hybridized carbons (Fsp3) is 0.0800. The van der Waals surface area contributed by atoms with Crippen molar-refractivity contribution in [2.45, 2.75) is 6.42 Å². The summed E-state index contributed by atoms with van der Waals surface area (Å²) in [5, 5.41) is 3.64. The molecule has 1 aromatic heterocycles. The maximum absolute atomic E-state index is 12.4.